The molecular formula is C28H25Cl2N3O3. The van der Waals surface area contributed by atoms with E-state index in [1.165, 1.54) is 0 Å². The highest BCUT2D eigenvalue weighted by atomic mass is 35.5. The first-order valence-corrected chi connectivity index (χ1v) is 12.4. The second-order valence-corrected chi connectivity index (χ2v) is 9.46. The van der Waals surface area contributed by atoms with Crippen molar-refractivity contribution in [1.82, 2.24) is 10.2 Å². The van der Waals surface area contributed by atoms with Crippen molar-refractivity contribution < 1.29 is 14.3 Å². The summed E-state index contributed by atoms with van der Waals surface area (Å²) in [4.78, 5) is 28.1. The van der Waals surface area contributed by atoms with Crippen molar-refractivity contribution in [2.75, 3.05) is 19.7 Å². The number of nitrogens with zero attached hydrogens (tertiary/aromatic N) is 2. The predicted molar refractivity (Wildman–Crippen MR) is 139 cm³/mol. The lowest BCUT2D eigenvalue weighted by molar-refractivity contribution is -0.148. The second-order valence-electron chi connectivity index (χ2n) is 8.59. The smallest absolute Gasteiger partial charge is 0.312 e. The average Bonchev–Trinajstić information content (AvgIpc) is 3.30. The van der Waals surface area contributed by atoms with Crippen molar-refractivity contribution in [3.63, 3.8) is 0 Å². The van der Waals surface area contributed by atoms with E-state index in [-0.39, 0.29) is 24.5 Å². The average molecular weight is 522 g/mol. The summed E-state index contributed by atoms with van der Waals surface area (Å²) in [5, 5.41) is 13.3. The molecule has 0 aromatic heterocycles. The Hall–Kier alpha value is -3.37. The minimum absolute atomic E-state index is 0.187. The molecule has 1 heterocycles. The highest BCUT2D eigenvalue weighted by molar-refractivity contribution is 6.30. The fraction of sp³-hybridized carbons (Fsp3) is 0.250. The SMILES string of the molecule is CCOC(=O)[C@H]1CN(C(c2ccc(Cl)cc2)c2ccc(Cl)cc2)C[C@@H]1NC(=O)c1ccc(C#N)cc1. The van der Waals surface area contributed by atoms with Gasteiger partial charge in [0, 0.05) is 28.7 Å². The fourth-order valence-corrected chi connectivity index (χ4v) is 4.78. The number of carbonyl (C=O) groups excluding carboxylic acids is 2. The van der Waals surface area contributed by atoms with Gasteiger partial charge in [-0.25, -0.2) is 0 Å². The van der Waals surface area contributed by atoms with Crippen LogP contribution in [0, 0.1) is 17.2 Å². The van der Waals surface area contributed by atoms with E-state index >= 15 is 0 Å². The summed E-state index contributed by atoms with van der Waals surface area (Å²) >= 11 is 12.3. The molecule has 4 rings (SSSR count). The summed E-state index contributed by atoms with van der Waals surface area (Å²) in [5.74, 6) is -1.21. The summed E-state index contributed by atoms with van der Waals surface area (Å²) in [5.41, 5.74) is 2.89. The first-order chi connectivity index (χ1) is 17.4. The molecule has 184 valence electrons. The van der Waals surface area contributed by atoms with Crippen LogP contribution in [0.2, 0.25) is 10.0 Å². The number of ether oxygens (including phenoxy) is 1. The number of nitrogens with one attached hydrogen (secondary N) is 1. The number of rotatable bonds is 7. The van der Waals surface area contributed by atoms with Gasteiger partial charge in [-0.1, -0.05) is 47.5 Å². The molecule has 8 heteroatoms. The van der Waals surface area contributed by atoms with E-state index in [9.17, 15) is 9.59 Å². The maximum atomic E-state index is 13.0. The van der Waals surface area contributed by atoms with Crippen LogP contribution in [-0.2, 0) is 9.53 Å². The summed E-state index contributed by atoms with van der Waals surface area (Å²) < 4.78 is 5.36. The lowest BCUT2D eigenvalue weighted by Crippen LogP contribution is -2.43. The number of hydrogen-bond donors (Lipinski definition) is 1. The van der Waals surface area contributed by atoms with Gasteiger partial charge in [-0.3, -0.25) is 14.5 Å². The number of likely N-dealkylation sites (tertiary alicyclic amines) is 1. The molecule has 0 radical (unpaired) electrons. The van der Waals surface area contributed by atoms with E-state index in [1.807, 2.05) is 54.6 Å². The van der Waals surface area contributed by atoms with Crippen LogP contribution >= 0.6 is 23.2 Å². The maximum absolute atomic E-state index is 13.0. The topological polar surface area (TPSA) is 82.4 Å². The number of nitriles is 1. The van der Waals surface area contributed by atoms with Crippen LogP contribution < -0.4 is 5.32 Å². The molecule has 3 aromatic rings. The van der Waals surface area contributed by atoms with Crippen LogP contribution in [0.15, 0.2) is 72.8 Å². The first-order valence-electron chi connectivity index (χ1n) is 11.6. The molecule has 0 saturated carbocycles. The normalized spacial score (nSPS) is 17.5. The standard InChI is InChI=1S/C28H25Cl2N3O3/c1-2-36-28(35)24-16-33(17-25(24)32-27(34)21-5-3-18(15-31)4-6-21)26(19-7-11-22(29)12-8-19)20-9-13-23(30)14-10-20/h3-14,24-26H,2,16-17H2,1H3,(H,32,34)/t24-,25-/m0/s1. The maximum Gasteiger partial charge on any atom is 0.312 e. The van der Waals surface area contributed by atoms with E-state index < -0.39 is 12.0 Å². The molecule has 1 fully saturated rings. The predicted octanol–water partition coefficient (Wildman–Crippen LogP) is 5.25. The molecule has 0 unspecified atom stereocenters. The van der Waals surface area contributed by atoms with Gasteiger partial charge in [0.15, 0.2) is 0 Å². The van der Waals surface area contributed by atoms with Crippen LogP contribution in [0.5, 0.6) is 0 Å². The van der Waals surface area contributed by atoms with Crippen molar-refractivity contribution in [1.29, 1.82) is 5.26 Å². The molecular weight excluding hydrogens is 497 g/mol. The molecule has 1 amide bonds. The molecule has 1 aliphatic rings. The summed E-state index contributed by atoms with van der Waals surface area (Å²) in [6.07, 6.45) is 0. The quantitative estimate of drug-likeness (QED) is 0.429. The monoisotopic (exact) mass is 521 g/mol. The van der Waals surface area contributed by atoms with Gasteiger partial charge in [0.2, 0.25) is 0 Å². The van der Waals surface area contributed by atoms with Gasteiger partial charge in [-0.15, -0.1) is 0 Å². The zero-order chi connectivity index (χ0) is 25.7. The van der Waals surface area contributed by atoms with Gasteiger partial charge < -0.3 is 10.1 Å². The Morgan fingerprint density at radius 2 is 1.53 bits per heavy atom. The summed E-state index contributed by atoms with van der Waals surface area (Å²) in [6, 6.07) is 23.0. The number of benzene rings is 3. The van der Waals surface area contributed by atoms with Crippen LogP contribution in [0.25, 0.3) is 0 Å². The van der Waals surface area contributed by atoms with Gasteiger partial charge >= 0.3 is 5.97 Å². The summed E-state index contributed by atoms with van der Waals surface area (Å²) in [6.45, 7) is 2.84. The van der Waals surface area contributed by atoms with E-state index in [2.05, 4.69) is 10.2 Å². The Labute approximate surface area is 220 Å². The van der Waals surface area contributed by atoms with Gasteiger partial charge in [0.05, 0.1) is 36.2 Å². The second kappa shape index (κ2) is 11.6. The lowest BCUT2D eigenvalue weighted by Gasteiger charge is -2.29. The Kier molecular flexibility index (Phi) is 8.27. The molecule has 1 saturated heterocycles. The van der Waals surface area contributed by atoms with Gasteiger partial charge in [0.1, 0.15) is 0 Å². The molecule has 0 aliphatic carbocycles. The van der Waals surface area contributed by atoms with Crippen molar-refractivity contribution in [2.45, 2.75) is 19.0 Å². The number of carbonyl (C=O) groups is 2. The zero-order valence-corrected chi connectivity index (χ0v) is 21.2. The minimum Gasteiger partial charge on any atom is -0.466 e. The number of esters is 1. The number of hydrogen-bond acceptors (Lipinski definition) is 5. The van der Waals surface area contributed by atoms with Crippen molar-refractivity contribution in [3.8, 4) is 6.07 Å². The number of amides is 1. The van der Waals surface area contributed by atoms with Crippen molar-refractivity contribution in [3.05, 3.63) is 105 Å². The molecule has 0 spiro atoms. The third-order valence-corrected chi connectivity index (χ3v) is 6.77. The Morgan fingerprint density at radius 3 is 2.03 bits per heavy atom. The molecule has 2 atom stereocenters. The molecule has 6 nitrogen and oxygen atoms in total. The largest absolute Gasteiger partial charge is 0.466 e. The summed E-state index contributed by atoms with van der Waals surface area (Å²) in [7, 11) is 0. The van der Waals surface area contributed by atoms with Gasteiger partial charge in [-0.2, -0.15) is 5.26 Å². The molecule has 36 heavy (non-hydrogen) atoms. The van der Waals surface area contributed by atoms with Crippen molar-refractivity contribution in [2.24, 2.45) is 5.92 Å². The molecule has 0 bridgehead atoms. The molecule has 3 aromatic carbocycles. The van der Waals surface area contributed by atoms with E-state index in [0.29, 0.717) is 34.3 Å². The zero-order valence-electron chi connectivity index (χ0n) is 19.7. The van der Waals surface area contributed by atoms with E-state index in [0.717, 1.165) is 11.1 Å². The van der Waals surface area contributed by atoms with Crippen LogP contribution in [0.3, 0.4) is 0 Å². The van der Waals surface area contributed by atoms with Crippen LogP contribution in [-0.4, -0.2) is 42.5 Å². The van der Waals surface area contributed by atoms with Crippen LogP contribution in [0.1, 0.15) is 40.0 Å². The Balaban J connectivity index is 1.64. The van der Waals surface area contributed by atoms with Gasteiger partial charge in [0.25, 0.3) is 5.91 Å². The van der Waals surface area contributed by atoms with E-state index in [1.54, 1.807) is 31.2 Å². The van der Waals surface area contributed by atoms with E-state index in [4.69, 9.17) is 33.2 Å². The Morgan fingerprint density at radius 1 is 0.972 bits per heavy atom. The number of halogens is 2. The van der Waals surface area contributed by atoms with Crippen LogP contribution in [0.4, 0.5) is 0 Å². The third-order valence-electron chi connectivity index (χ3n) is 6.27. The fourth-order valence-electron chi connectivity index (χ4n) is 4.53. The first kappa shape index (κ1) is 25.7. The third kappa shape index (κ3) is 5.88. The molecule has 1 N–H and O–H groups in total. The highest BCUT2D eigenvalue weighted by Crippen LogP contribution is 2.35. The van der Waals surface area contributed by atoms with Crippen molar-refractivity contribution >= 4 is 35.1 Å². The highest BCUT2D eigenvalue weighted by Gasteiger charge is 2.42. The van der Waals surface area contributed by atoms with Gasteiger partial charge in [-0.05, 0) is 66.6 Å². The lowest BCUT2D eigenvalue weighted by atomic mass is 9.97. The molecule has 1 aliphatic heterocycles. The minimum atomic E-state index is -0.547. The Bertz CT molecular complexity index is 1210.